The van der Waals surface area contributed by atoms with Crippen LogP contribution in [0.3, 0.4) is 0 Å². The molecule has 1 heterocycles. The maximum atomic E-state index is 10.2. The van der Waals surface area contributed by atoms with E-state index in [0.29, 0.717) is 19.0 Å². The maximum Gasteiger partial charge on any atom is 0.191 e. The molecule has 0 aliphatic rings. The summed E-state index contributed by atoms with van der Waals surface area (Å²) < 4.78 is 5.30. The Morgan fingerprint density at radius 3 is 2.74 bits per heavy atom. The lowest BCUT2D eigenvalue weighted by Gasteiger charge is -2.13. The highest BCUT2D eigenvalue weighted by molar-refractivity contribution is 5.79. The van der Waals surface area contributed by atoms with Crippen LogP contribution < -0.4 is 10.6 Å². The first-order chi connectivity index (χ1) is 11.3. The van der Waals surface area contributed by atoms with E-state index in [1.165, 1.54) is 0 Å². The first-order valence-corrected chi connectivity index (χ1v) is 7.68. The highest BCUT2D eigenvalue weighted by Crippen LogP contribution is 2.11. The second-order valence-corrected chi connectivity index (χ2v) is 5.04. The molecule has 5 nitrogen and oxygen atoms in total. The number of nitrogens with zero attached hydrogens (tertiary/aromatic N) is 1. The van der Waals surface area contributed by atoms with Gasteiger partial charge in [-0.15, -0.1) is 6.58 Å². The van der Waals surface area contributed by atoms with Crippen LogP contribution in [-0.4, -0.2) is 30.7 Å². The minimum absolute atomic E-state index is 0.289. The molecule has 122 valence electrons. The number of nitrogens with one attached hydrogen (secondary N) is 2. The van der Waals surface area contributed by atoms with E-state index in [1.807, 2.05) is 42.5 Å². The summed E-state index contributed by atoms with van der Waals surface area (Å²) in [4.78, 5) is 4.42. The van der Waals surface area contributed by atoms with Gasteiger partial charge in [-0.2, -0.15) is 0 Å². The lowest BCUT2D eigenvalue weighted by molar-refractivity contribution is 0.187. The maximum absolute atomic E-state index is 10.2. The molecule has 0 aliphatic heterocycles. The average Bonchev–Trinajstić information content (AvgIpc) is 3.10. The zero-order valence-electron chi connectivity index (χ0n) is 13.1. The first kappa shape index (κ1) is 16.8. The predicted octanol–water partition coefficient (Wildman–Crippen LogP) is 2.28. The van der Waals surface area contributed by atoms with E-state index in [2.05, 4.69) is 22.2 Å². The number of hydrogen-bond acceptors (Lipinski definition) is 3. The SMILES string of the molecule is C=CCNC(=NCC(O)c1ccccc1)NCCc1ccco1. The van der Waals surface area contributed by atoms with Crippen molar-refractivity contribution in [3.05, 3.63) is 72.7 Å². The third-order valence-electron chi connectivity index (χ3n) is 3.26. The molecule has 0 spiro atoms. The van der Waals surface area contributed by atoms with E-state index in [9.17, 15) is 5.11 Å². The molecule has 0 amide bonds. The number of benzene rings is 1. The van der Waals surface area contributed by atoms with Crippen molar-refractivity contribution in [1.29, 1.82) is 0 Å². The molecule has 1 atom stereocenters. The highest BCUT2D eigenvalue weighted by Gasteiger charge is 2.06. The Labute approximate surface area is 136 Å². The minimum Gasteiger partial charge on any atom is -0.469 e. The molecule has 1 unspecified atom stereocenters. The van der Waals surface area contributed by atoms with Gasteiger partial charge in [0, 0.05) is 19.5 Å². The molecule has 5 heteroatoms. The number of furan rings is 1. The summed E-state index contributed by atoms with van der Waals surface area (Å²) >= 11 is 0. The van der Waals surface area contributed by atoms with Gasteiger partial charge in [0.25, 0.3) is 0 Å². The largest absolute Gasteiger partial charge is 0.469 e. The summed E-state index contributed by atoms with van der Waals surface area (Å²) in [5.41, 5.74) is 0.856. The van der Waals surface area contributed by atoms with E-state index in [4.69, 9.17) is 4.42 Å². The molecular formula is C18H23N3O2. The van der Waals surface area contributed by atoms with Gasteiger partial charge in [-0.05, 0) is 17.7 Å². The van der Waals surface area contributed by atoms with Crippen LogP contribution in [-0.2, 0) is 6.42 Å². The van der Waals surface area contributed by atoms with Gasteiger partial charge in [0.15, 0.2) is 5.96 Å². The number of aliphatic imine (C=N–C) groups is 1. The van der Waals surface area contributed by atoms with Crippen LogP contribution in [0.1, 0.15) is 17.4 Å². The van der Waals surface area contributed by atoms with E-state index >= 15 is 0 Å². The van der Waals surface area contributed by atoms with Crippen molar-refractivity contribution in [3.8, 4) is 0 Å². The summed E-state index contributed by atoms with van der Waals surface area (Å²) in [5.74, 6) is 1.57. The van der Waals surface area contributed by atoms with Gasteiger partial charge >= 0.3 is 0 Å². The van der Waals surface area contributed by atoms with Gasteiger partial charge in [0.2, 0.25) is 0 Å². The third kappa shape index (κ3) is 6.00. The molecule has 0 fully saturated rings. The Hall–Kier alpha value is -2.53. The van der Waals surface area contributed by atoms with Crippen LogP contribution in [0.2, 0.25) is 0 Å². The summed E-state index contributed by atoms with van der Waals surface area (Å²) in [6, 6.07) is 13.3. The highest BCUT2D eigenvalue weighted by atomic mass is 16.3. The smallest absolute Gasteiger partial charge is 0.191 e. The molecule has 0 bridgehead atoms. The van der Waals surface area contributed by atoms with E-state index < -0.39 is 6.10 Å². The van der Waals surface area contributed by atoms with E-state index in [0.717, 1.165) is 17.7 Å². The number of guanidine groups is 1. The standard InChI is InChI=1S/C18H23N3O2/c1-2-11-19-18(20-12-10-16-9-6-13-23-16)21-14-17(22)15-7-4-3-5-8-15/h2-9,13,17,22H,1,10-12,14H2,(H2,19,20,21). The van der Waals surface area contributed by atoms with Crippen LogP contribution in [0.15, 0.2) is 70.8 Å². The molecule has 0 aliphatic carbocycles. The van der Waals surface area contributed by atoms with Crippen LogP contribution in [0.25, 0.3) is 0 Å². The number of rotatable bonds is 8. The molecule has 3 N–H and O–H groups in total. The molecule has 23 heavy (non-hydrogen) atoms. The zero-order chi connectivity index (χ0) is 16.3. The van der Waals surface area contributed by atoms with E-state index in [1.54, 1.807) is 12.3 Å². The summed E-state index contributed by atoms with van der Waals surface area (Å²) in [6.45, 7) is 5.27. The van der Waals surface area contributed by atoms with Crippen LogP contribution in [0.4, 0.5) is 0 Å². The number of aliphatic hydroxyl groups is 1. The van der Waals surface area contributed by atoms with Crippen molar-refractivity contribution in [2.75, 3.05) is 19.6 Å². The van der Waals surface area contributed by atoms with Crippen LogP contribution >= 0.6 is 0 Å². The second kappa shape index (κ2) is 9.48. The van der Waals surface area contributed by atoms with Crippen LogP contribution in [0, 0.1) is 0 Å². The molecular weight excluding hydrogens is 290 g/mol. The Morgan fingerprint density at radius 1 is 1.22 bits per heavy atom. The monoisotopic (exact) mass is 313 g/mol. The molecule has 0 saturated heterocycles. The Bertz CT molecular complexity index is 594. The Kier molecular flexibility index (Phi) is 6.94. The zero-order valence-corrected chi connectivity index (χ0v) is 13.1. The Morgan fingerprint density at radius 2 is 2.04 bits per heavy atom. The topological polar surface area (TPSA) is 69.8 Å². The van der Waals surface area contributed by atoms with Gasteiger partial charge < -0.3 is 20.2 Å². The van der Waals surface area contributed by atoms with Gasteiger partial charge in [-0.25, -0.2) is 0 Å². The summed E-state index contributed by atoms with van der Waals surface area (Å²) in [7, 11) is 0. The molecule has 1 aromatic carbocycles. The van der Waals surface area contributed by atoms with Gasteiger partial charge in [0.05, 0.1) is 18.9 Å². The molecule has 0 saturated carbocycles. The quantitative estimate of drug-likeness (QED) is 0.397. The van der Waals surface area contributed by atoms with Crippen molar-refractivity contribution < 1.29 is 9.52 Å². The lowest BCUT2D eigenvalue weighted by Crippen LogP contribution is -2.38. The van der Waals surface area contributed by atoms with Crippen molar-refractivity contribution in [1.82, 2.24) is 10.6 Å². The molecule has 1 aromatic heterocycles. The van der Waals surface area contributed by atoms with E-state index in [-0.39, 0.29) is 6.54 Å². The van der Waals surface area contributed by atoms with Gasteiger partial charge in [-0.1, -0.05) is 36.4 Å². The second-order valence-electron chi connectivity index (χ2n) is 5.04. The molecule has 2 aromatic rings. The Balaban J connectivity index is 1.86. The lowest BCUT2D eigenvalue weighted by atomic mass is 10.1. The predicted molar refractivity (Wildman–Crippen MR) is 92.3 cm³/mol. The van der Waals surface area contributed by atoms with Crippen molar-refractivity contribution in [2.45, 2.75) is 12.5 Å². The first-order valence-electron chi connectivity index (χ1n) is 7.68. The van der Waals surface area contributed by atoms with Crippen molar-refractivity contribution in [3.63, 3.8) is 0 Å². The fraction of sp³-hybridized carbons (Fsp3) is 0.278. The van der Waals surface area contributed by atoms with Gasteiger partial charge in [0.1, 0.15) is 5.76 Å². The molecule has 2 rings (SSSR count). The molecule has 0 radical (unpaired) electrons. The fourth-order valence-corrected chi connectivity index (χ4v) is 2.06. The number of aliphatic hydroxyl groups excluding tert-OH is 1. The van der Waals surface area contributed by atoms with Crippen LogP contribution in [0.5, 0.6) is 0 Å². The summed E-state index contributed by atoms with van der Waals surface area (Å²) in [5, 5.41) is 16.5. The third-order valence-corrected chi connectivity index (χ3v) is 3.26. The summed E-state index contributed by atoms with van der Waals surface area (Å²) in [6.07, 6.45) is 3.57. The van der Waals surface area contributed by atoms with Crippen molar-refractivity contribution in [2.24, 2.45) is 4.99 Å². The number of hydrogen-bond donors (Lipinski definition) is 3. The van der Waals surface area contributed by atoms with Crippen molar-refractivity contribution >= 4 is 5.96 Å². The average molecular weight is 313 g/mol. The minimum atomic E-state index is -0.622. The fourth-order valence-electron chi connectivity index (χ4n) is 2.06. The van der Waals surface area contributed by atoms with Gasteiger partial charge in [-0.3, -0.25) is 4.99 Å². The normalized spacial score (nSPS) is 12.7.